The van der Waals surface area contributed by atoms with Crippen molar-refractivity contribution in [3.8, 4) is 0 Å². The summed E-state index contributed by atoms with van der Waals surface area (Å²) in [7, 11) is 0. The van der Waals surface area contributed by atoms with Gasteiger partial charge < -0.3 is 5.11 Å². The molecular formula is C27H21FN4O3S3. The molecule has 1 aliphatic heterocycles. The Bertz CT molecular complexity index is 1580. The monoisotopic (exact) mass is 564 g/mol. The van der Waals surface area contributed by atoms with Gasteiger partial charge in [0.15, 0.2) is 10.1 Å². The fraction of sp³-hybridized carbons (Fsp3) is 0.148. The first-order valence-electron chi connectivity index (χ1n) is 11.5. The summed E-state index contributed by atoms with van der Waals surface area (Å²) < 4.78 is 14.5. The lowest BCUT2D eigenvalue weighted by molar-refractivity contribution is -0.116. The molecule has 1 N–H and O–H groups in total. The lowest BCUT2D eigenvalue weighted by atomic mass is 10.0. The molecule has 3 heterocycles. The number of carbonyl (C=O) groups excluding carboxylic acids is 2. The molecular weight excluding hydrogens is 544 g/mol. The third kappa shape index (κ3) is 5.17. The Kier molecular flexibility index (Phi) is 7.50. The minimum atomic E-state index is -0.908. The first-order valence-corrected chi connectivity index (χ1v) is 14.1. The number of thioether (sulfide) groups is 1. The van der Waals surface area contributed by atoms with Crippen molar-refractivity contribution in [3.63, 3.8) is 0 Å². The number of nitrogens with zero attached hydrogens (tertiary/aromatic N) is 4. The van der Waals surface area contributed by atoms with E-state index in [2.05, 4.69) is 15.2 Å². The fourth-order valence-electron chi connectivity index (χ4n) is 4.00. The first kappa shape index (κ1) is 26.0. The van der Waals surface area contributed by atoms with Gasteiger partial charge in [0.25, 0.3) is 5.91 Å². The molecule has 0 saturated heterocycles. The number of hydrogen-bond acceptors (Lipinski definition) is 9. The fourth-order valence-corrected chi connectivity index (χ4v) is 6.73. The molecule has 1 amide bonds. The molecule has 11 heteroatoms. The molecule has 1 aliphatic rings. The van der Waals surface area contributed by atoms with Crippen LogP contribution >= 0.6 is 34.4 Å². The van der Waals surface area contributed by atoms with Gasteiger partial charge in [-0.2, -0.15) is 0 Å². The number of thiazole rings is 1. The van der Waals surface area contributed by atoms with Gasteiger partial charge in [0.1, 0.15) is 5.82 Å². The Hall–Kier alpha value is -3.67. The maximum absolute atomic E-state index is 14.0. The molecule has 38 heavy (non-hydrogen) atoms. The highest BCUT2D eigenvalue weighted by Crippen LogP contribution is 2.38. The van der Waals surface area contributed by atoms with E-state index in [4.69, 9.17) is 0 Å². The number of halogens is 1. The third-order valence-corrected chi connectivity index (χ3v) is 8.96. The number of anilines is 1. The standard InChI is InChI=1S/C27H21FN4O3S3/c1-15-24(37-16(2)29-15)22(33)21-20(13-12-17-8-4-3-5-9-17)32(25(35)23(21)34)26-30-31-27(38-26)36-14-18-10-6-7-11-19(18)28/h3-13,20,34H,14H2,1-2H3. The molecule has 0 saturated carbocycles. The number of aliphatic hydroxyl groups excluding tert-OH is 1. The summed E-state index contributed by atoms with van der Waals surface area (Å²) in [5, 5.41) is 20.2. The van der Waals surface area contributed by atoms with Crippen molar-refractivity contribution in [1.82, 2.24) is 15.2 Å². The number of benzene rings is 2. The smallest absolute Gasteiger partial charge is 0.296 e. The zero-order valence-electron chi connectivity index (χ0n) is 20.3. The third-order valence-electron chi connectivity index (χ3n) is 5.79. The van der Waals surface area contributed by atoms with Crippen molar-refractivity contribution in [2.24, 2.45) is 0 Å². The lowest BCUT2D eigenvalue weighted by Gasteiger charge is -2.20. The molecule has 1 atom stereocenters. The van der Waals surface area contributed by atoms with Gasteiger partial charge in [-0.15, -0.1) is 21.5 Å². The van der Waals surface area contributed by atoms with Crippen molar-refractivity contribution < 1.29 is 19.1 Å². The van der Waals surface area contributed by atoms with Crippen LogP contribution in [0.4, 0.5) is 9.52 Å². The zero-order valence-corrected chi connectivity index (χ0v) is 22.7. The van der Waals surface area contributed by atoms with E-state index in [9.17, 15) is 19.1 Å². The van der Waals surface area contributed by atoms with Crippen LogP contribution in [0.3, 0.4) is 0 Å². The molecule has 4 aromatic rings. The van der Waals surface area contributed by atoms with Crippen LogP contribution in [-0.4, -0.2) is 38.0 Å². The molecule has 5 rings (SSSR count). The van der Waals surface area contributed by atoms with E-state index < -0.39 is 23.5 Å². The molecule has 0 spiro atoms. The van der Waals surface area contributed by atoms with Gasteiger partial charge in [0, 0.05) is 5.75 Å². The average Bonchev–Trinajstić information content (AvgIpc) is 3.58. The molecule has 7 nitrogen and oxygen atoms in total. The molecule has 0 aliphatic carbocycles. The summed E-state index contributed by atoms with van der Waals surface area (Å²) in [6, 6.07) is 15.0. The maximum atomic E-state index is 14.0. The minimum absolute atomic E-state index is 0.0373. The molecule has 0 fully saturated rings. The van der Waals surface area contributed by atoms with E-state index in [1.54, 1.807) is 44.2 Å². The van der Waals surface area contributed by atoms with Crippen LogP contribution in [0.25, 0.3) is 6.08 Å². The number of amides is 1. The van der Waals surface area contributed by atoms with Crippen LogP contribution in [0.2, 0.25) is 0 Å². The van der Waals surface area contributed by atoms with Gasteiger partial charge in [-0.05, 0) is 31.0 Å². The molecule has 1 unspecified atom stereocenters. The predicted octanol–water partition coefficient (Wildman–Crippen LogP) is 6.17. The lowest BCUT2D eigenvalue weighted by Crippen LogP contribution is -2.35. The number of Topliss-reactive ketones (excluding diaryl/α,β-unsaturated/α-hetero) is 1. The minimum Gasteiger partial charge on any atom is -0.503 e. The SMILES string of the molecule is Cc1nc(C)c(C(=O)C2=C(O)C(=O)N(c3nnc(SCc4ccccc4F)s3)C2C=Cc2ccccc2)s1. The van der Waals surface area contributed by atoms with Crippen molar-refractivity contribution >= 4 is 57.3 Å². The van der Waals surface area contributed by atoms with Crippen LogP contribution in [-0.2, 0) is 10.5 Å². The van der Waals surface area contributed by atoms with E-state index in [1.807, 2.05) is 30.3 Å². The van der Waals surface area contributed by atoms with Gasteiger partial charge >= 0.3 is 0 Å². The second-order valence-corrected chi connectivity index (χ2v) is 11.7. The molecule has 2 aromatic carbocycles. The van der Waals surface area contributed by atoms with Gasteiger partial charge in [0.2, 0.25) is 10.9 Å². The van der Waals surface area contributed by atoms with E-state index in [0.717, 1.165) is 16.9 Å². The van der Waals surface area contributed by atoms with Crippen molar-refractivity contribution in [2.45, 2.75) is 30.0 Å². The number of aliphatic hydroxyl groups is 1. The van der Waals surface area contributed by atoms with E-state index in [1.165, 1.54) is 34.1 Å². The highest BCUT2D eigenvalue weighted by Gasteiger charge is 2.44. The van der Waals surface area contributed by atoms with E-state index in [-0.39, 0.29) is 16.5 Å². The van der Waals surface area contributed by atoms with Gasteiger partial charge in [-0.25, -0.2) is 9.37 Å². The Morgan fingerprint density at radius 1 is 1.11 bits per heavy atom. The number of carbonyl (C=O) groups is 2. The van der Waals surface area contributed by atoms with E-state index >= 15 is 0 Å². The second kappa shape index (κ2) is 11.0. The van der Waals surface area contributed by atoms with Crippen molar-refractivity contribution in [2.75, 3.05) is 4.90 Å². The molecule has 0 radical (unpaired) electrons. The Morgan fingerprint density at radius 3 is 2.55 bits per heavy atom. The Balaban J connectivity index is 1.48. The number of aryl methyl sites for hydroxylation is 2. The normalized spacial score (nSPS) is 15.7. The van der Waals surface area contributed by atoms with Gasteiger partial charge in [-0.3, -0.25) is 14.5 Å². The summed E-state index contributed by atoms with van der Waals surface area (Å²) in [6.45, 7) is 3.52. The number of aromatic nitrogens is 3. The zero-order chi connectivity index (χ0) is 26.8. The maximum Gasteiger partial charge on any atom is 0.296 e. The average molecular weight is 565 g/mol. The largest absolute Gasteiger partial charge is 0.503 e. The van der Waals surface area contributed by atoms with Crippen LogP contribution in [0, 0.1) is 19.7 Å². The van der Waals surface area contributed by atoms with Gasteiger partial charge in [0.05, 0.1) is 27.2 Å². The summed E-state index contributed by atoms with van der Waals surface area (Å²) in [5.74, 6) is -1.79. The van der Waals surface area contributed by atoms with Crippen LogP contribution in [0.15, 0.2) is 76.3 Å². The first-order chi connectivity index (χ1) is 18.3. The summed E-state index contributed by atoms with van der Waals surface area (Å²) >= 11 is 3.64. The number of ketones is 1. The number of hydrogen-bond donors (Lipinski definition) is 1. The highest BCUT2D eigenvalue weighted by atomic mass is 32.2. The molecule has 2 aromatic heterocycles. The topological polar surface area (TPSA) is 96.3 Å². The van der Waals surface area contributed by atoms with Crippen molar-refractivity contribution in [3.05, 3.63) is 105 Å². The molecule has 0 bridgehead atoms. The van der Waals surface area contributed by atoms with Crippen LogP contribution in [0.5, 0.6) is 0 Å². The van der Waals surface area contributed by atoms with Gasteiger partial charge in [-0.1, -0.05) is 83.8 Å². The summed E-state index contributed by atoms with van der Waals surface area (Å²) in [5.41, 5.74) is 1.89. The summed E-state index contributed by atoms with van der Waals surface area (Å²) in [4.78, 5) is 32.9. The predicted molar refractivity (Wildman–Crippen MR) is 148 cm³/mol. The Morgan fingerprint density at radius 2 is 1.84 bits per heavy atom. The van der Waals surface area contributed by atoms with Crippen LogP contribution < -0.4 is 4.90 Å². The quantitative estimate of drug-likeness (QED) is 0.155. The van der Waals surface area contributed by atoms with Crippen molar-refractivity contribution in [1.29, 1.82) is 0 Å². The Labute approximate surface area is 230 Å². The highest BCUT2D eigenvalue weighted by molar-refractivity contribution is 8.00. The summed E-state index contributed by atoms with van der Waals surface area (Å²) in [6.07, 6.45) is 3.48. The van der Waals surface area contributed by atoms with Crippen LogP contribution in [0.1, 0.15) is 31.5 Å². The van der Waals surface area contributed by atoms with E-state index in [0.29, 0.717) is 31.2 Å². The number of rotatable bonds is 8. The second-order valence-electron chi connectivity index (χ2n) is 8.36. The molecule has 192 valence electrons.